The van der Waals surface area contributed by atoms with Gasteiger partial charge in [-0.3, -0.25) is 0 Å². The summed E-state index contributed by atoms with van der Waals surface area (Å²) in [6.45, 7) is 3.22. The van der Waals surface area contributed by atoms with Crippen LogP contribution in [0.1, 0.15) is 32.6 Å². The Bertz CT molecular complexity index is 265. The van der Waals surface area contributed by atoms with E-state index in [1.165, 1.54) is 12.0 Å². The minimum Gasteiger partial charge on any atom is -0.385 e. The molecular weight excluding hydrogens is 170 g/mol. The molecule has 0 amide bonds. The van der Waals surface area contributed by atoms with Gasteiger partial charge in [0.15, 0.2) is 0 Å². The monoisotopic (exact) mass is 189 g/mol. The first-order valence-corrected chi connectivity index (χ1v) is 5.34. The van der Waals surface area contributed by atoms with Crippen LogP contribution < -0.4 is 5.32 Å². The number of hydrogen-bond donors (Lipinski definition) is 1. The summed E-state index contributed by atoms with van der Waals surface area (Å²) in [7, 11) is 0. The molecule has 1 heterocycles. The summed E-state index contributed by atoms with van der Waals surface area (Å²) in [5.74, 6) is 0. The third-order valence-electron chi connectivity index (χ3n) is 2.19. The van der Waals surface area contributed by atoms with Gasteiger partial charge in [-0.05, 0) is 38.7 Å². The zero-order chi connectivity index (χ0) is 10.1. The van der Waals surface area contributed by atoms with E-state index in [9.17, 15) is 0 Å². The van der Waals surface area contributed by atoms with Crippen molar-refractivity contribution in [3.8, 4) is 0 Å². The molecule has 0 atom stereocenters. The zero-order valence-electron chi connectivity index (χ0n) is 8.92. The van der Waals surface area contributed by atoms with Crippen LogP contribution in [0.25, 0.3) is 0 Å². The van der Waals surface area contributed by atoms with Crippen LogP contribution in [0.4, 0.5) is 0 Å². The van der Waals surface area contributed by atoms with Crippen molar-refractivity contribution in [2.75, 3.05) is 6.54 Å². The van der Waals surface area contributed by atoms with Gasteiger partial charge in [0.25, 0.3) is 0 Å². The minimum atomic E-state index is 1.04. The van der Waals surface area contributed by atoms with Gasteiger partial charge in [0.2, 0.25) is 0 Å². The Morgan fingerprint density at radius 2 is 2.29 bits per heavy atom. The van der Waals surface area contributed by atoms with Gasteiger partial charge in [-0.15, -0.1) is 5.73 Å². The second kappa shape index (κ2) is 7.23. The van der Waals surface area contributed by atoms with Crippen molar-refractivity contribution >= 4 is 0 Å². The van der Waals surface area contributed by atoms with E-state index in [1.54, 1.807) is 0 Å². The van der Waals surface area contributed by atoms with Crippen molar-refractivity contribution in [3.05, 3.63) is 41.8 Å². The lowest BCUT2D eigenvalue weighted by Crippen LogP contribution is -2.05. The summed E-state index contributed by atoms with van der Waals surface area (Å²) in [5, 5.41) is 3.22. The van der Waals surface area contributed by atoms with Gasteiger partial charge in [-0.1, -0.05) is 23.8 Å². The molecule has 0 aromatic rings. The Labute approximate surface area is 86.9 Å². The largest absolute Gasteiger partial charge is 0.385 e. The highest BCUT2D eigenvalue weighted by Crippen LogP contribution is 2.04. The maximum Gasteiger partial charge on any atom is 0.0394 e. The van der Waals surface area contributed by atoms with E-state index in [4.69, 9.17) is 0 Å². The lowest BCUT2D eigenvalue weighted by atomic mass is 10.1. The molecule has 0 bridgehead atoms. The molecule has 0 saturated carbocycles. The van der Waals surface area contributed by atoms with Gasteiger partial charge >= 0.3 is 0 Å². The standard InChI is InChI=1S/C13H19N/c1-13-9-5-2-3-7-11-14-12-8-4-6-10-13/h2,4-5,9,12,14H,3,6-7,10-11H2,1H3/b5-2-,13-9+. The van der Waals surface area contributed by atoms with Gasteiger partial charge in [0, 0.05) is 12.7 Å². The smallest absolute Gasteiger partial charge is 0.0394 e. The number of hydrogen-bond acceptors (Lipinski definition) is 1. The van der Waals surface area contributed by atoms with Crippen LogP contribution in [0, 0.1) is 0 Å². The van der Waals surface area contributed by atoms with E-state index in [2.05, 4.69) is 42.3 Å². The van der Waals surface area contributed by atoms with E-state index in [0.717, 1.165) is 25.8 Å². The topological polar surface area (TPSA) is 12.0 Å². The second-order valence-corrected chi connectivity index (χ2v) is 3.59. The average molecular weight is 189 g/mol. The molecule has 14 heavy (non-hydrogen) atoms. The summed E-state index contributed by atoms with van der Waals surface area (Å²) < 4.78 is 0. The average Bonchev–Trinajstić information content (AvgIpc) is 2.20. The molecule has 1 aliphatic heterocycles. The highest BCUT2D eigenvalue weighted by atomic mass is 14.8. The number of allylic oxidation sites excluding steroid dienone is 5. The van der Waals surface area contributed by atoms with E-state index in [1.807, 2.05) is 6.20 Å². The van der Waals surface area contributed by atoms with Crippen LogP contribution in [0.3, 0.4) is 0 Å². The fourth-order valence-electron chi connectivity index (χ4n) is 1.31. The molecule has 1 heteroatoms. The van der Waals surface area contributed by atoms with Crippen LogP contribution in [0.5, 0.6) is 0 Å². The first-order valence-electron chi connectivity index (χ1n) is 5.34. The molecule has 0 aromatic heterocycles. The van der Waals surface area contributed by atoms with Crippen molar-refractivity contribution in [2.24, 2.45) is 0 Å². The SMILES string of the molecule is C/C1=C\C=C/CCCNC=C=CCC1. The Morgan fingerprint density at radius 3 is 3.21 bits per heavy atom. The van der Waals surface area contributed by atoms with Crippen molar-refractivity contribution in [1.82, 2.24) is 5.32 Å². The van der Waals surface area contributed by atoms with Crippen molar-refractivity contribution in [1.29, 1.82) is 0 Å². The highest BCUT2D eigenvalue weighted by Gasteiger charge is 1.86. The Kier molecular flexibility index (Phi) is 5.62. The maximum absolute atomic E-state index is 3.22. The van der Waals surface area contributed by atoms with E-state index >= 15 is 0 Å². The lowest BCUT2D eigenvalue weighted by Gasteiger charge is -1.95. The second-order valence-electron chi connectivity index (χ2n) is 3.59. The molecule has 0 saturated heterocycles. The molecule has 76 valence electrons. The molecule has 1 N–H and O–H groups in total. The van der Waals surface area contributed by atoms with Crippen LogP contribution in [-0.4, -0.2) is 6.54 Å². The third-order valence-corrected chi connectivity index (χ3v) is 2.19. The molecule has 0 spiro atoms. The lowest BCUT2D eigenvalue weighted by molar-refractivity contribution is 0.765. The van der Waals surface area contributed by atoms with E-state index in [0.29, 0.717) is 0 Å². The predicted octanol–water partition coefficient (Wildman–Crippen LogP) is 3.32. The summed E-state index contributed by atoms with van der Waals surface area (Å²) in [4.78, 5) is 0. The Balaban J connectivity index is 2.50. The molecule has 0 aromatic carbocycles. The Morgan fingerprint density at radius 1 is 1.36 bits per heavy atom. The van der Waals surface area contributed by atoms with Gasteiger partial charge in [0.05, 0.1) is 0 Å². The first-order chi connectivity index (χ1) is 6.89. The van der Waals surface area contributed by atoms with Crippen molar-refractivity contribution < 1.29 is 0 Å². The molecule has 1 aliphatic rings. The molecular formula is C13H19N. The summed E-state index contributed by atoms with van der Waals surface area (Å²) >= 11 is 0. The zero-order valence-corrected chi connectivity index (χ0v) is 8.92. The summed E-state index contributed by atoms with van der Waals surface area (Å²) in [5.41, 5.74) is 4.57. The molecule has 0 radical (unpaired) electrons. The third kappa shape index (κ3) is 5.45. The van der Waals surface area contributed by atoms with Gasteiger partial charge in [0.1, 0.15) is 0 Å². The Hall–Kier alpha value is -1.20. The fraction of sp³-hybridized carbons (Fsp3) is 0.462. The quantitative estimate of drug-likeness (QED) is 0.576. The maximum atomic E-state index is 3.22. The van der Waals surface area contributed by atoms with Gasteiger partial charge in [-0.25, -0.2) is 0 Å². The predicted molar refractivity (Wildman–Crippen MR) is 62.0 cm³/mol. The van der Waals surface area contributed by atoms with E-state index < -0.39 is 0 Å². The number of rotatable bonds is 0. The first kappa shape index (κ1) is 10.9. The van der Waals surface area contributed by atoms with E-state index in [-0.39, 0.29) is 0 Å². The van der Waals surface area contributed by atoms with Crippen LogP contribution in [0.2, 0.25) is 0 Å². The molecule has 0 aliphatic carbocycles. The van der Waals surface area contributed by atoms with Crippen molar-refractivity contribution in [2.45, 2.75) is 32.6 Å². The molecule has 0 unspecified atom stereocenters. The summed E-state index contributed by atoms with van der Waals surface area (Å²) in [6.07, 6.45) is 15.2. The minimum absolute atomic E-state index is 1.04. The van der Waals surface area contributed by atoms with Gasteiger partial charge in [-0.2, -0.15) is 0 Å². The fourth-order valence-corrected chi connectivity index (χ4v) is 1.31. The molecule has 1 nitrogen and oxygen atoms in total. The number of nitrogens with one attached hydrogen (secondary N) is 1. The van der Waals surface area contributed by atoms with Crippen LogP contribution in [-0.2, 0) is 0 Å². The van der Waals surface area contributed by atoms with Gasteiger partial charge < -0.3 is 5.32 Å². The highest BCUT2D eigenvalue weighted by molar-refractivity contribution is 5.11. The normalized spacial score (nSPS) is 24.8. The molecule has 1 rings (SSSR count). The molecule has 0 fully saturated rings. The van der Waals surface area contributed by atoms with Crippen LogP contribution >= 0.6 is 0 Å². The van der Waals surface area contributed by atoms with Crippen LogP contribution in [0.15, 0.2) is 41.8 Å². The van der Waals surface area contributed by atoms with Crippen molar-refractivity contribution in [3.63, 3.8) is 0 Å². The summed E-state index contributed by atoms with van der Waals surface area (Å²) in [6, 6.07) is 0.